The number of aromatic nitrogens is 1. The van der Waals surface area contributed by atoms with Gasteiger partial charge in [0.05, 0.1) is 18.8 Å². The van der Waals surface area contributed by atoms with E-state index < -0.39 is 0 Å². The van der Waals surface area contributed by atoms with Crippen LogP contribution in [0.25, 0.3) is 0 Å². The molecule has 2 aromatic rings. The van der Waals surface area contributed by atoms with Gasteiger partial charge in [0.15, 0.2) is 0 Å². The Labute approximate surface area is 163 Å². The number of ether oxygens (including phenoxy) is 2. The van der Waals surface area contributed by atoms with Crippen LogP contribution in [0.2, 0.25) is 0 Å². The van der Waals surface area contributed by atoms with Crippen LogP contribution in [-0.2, 0) is 16.0 Å². The van der Waals surface area contributed by atoms with Crippen LogP contribution in [0.1, 0.15) is 25.0 Å². The van der Waals surface area contributed by atoms with Gasteiger partial charge >= 0.3 is 0 Å². The smallest absolute Gasteiger partial charge is 0.242 e. The molecule has 5 nitrogen and oxygen atoms in total. The van der Waals surface area contributed by atoms with E-state index >= 15 is 0 Å². The van der Waals surface area contributed by atoms with Crippen molar-refractivity contribution in [3.63, 3.8) is 0 Å². The van der Waals surface area contributed by atoms with Crippen LogP contribution in [0.15, 0.2) is 36.5 Å². The maximum atomic E-state index is 13.1. The molecule has 1 amide bonds. The van der Waals surface area contributed by atoms with Crippen molar-refractivity contribution in [2.75, 3.05) is 24.0 Å². The summed E-state index contributed by atoms with van der Waals surface area (Å²) in [4.78, 5) is 18.5. The third kappa shape index (κ3) is 4.76. The number of pyridine rings is 1. The lowest BCUT2D eigenvalue weighted by molar-refractivity contribution is -0.117. The van der Waals surface area contributed by atoms with Crippen molar-refractivity contribution < 1.29 is 18.7 Å². The van der Waals surface area contributed by atoms with Crippen molar-refractivity contribution in [3.8, 4) is 5.88 Å². The van der Waals surface area contributed by atoms with E-state index in [-0.39, 0.29) is 29.8 Å². The van der Waals surface area contributed by atoms with Crippen molar-refractivity contribution in [2.24, 2.45) is 0 Å². The predicted octanol–water partition coefficient (Wildman–Crippen LogP) is 3.57. The Bertz CT molecular complexity index is 798. The van der Waals surface area contributed by atoms with E-state index in [0.717, 1.165) is 11.1 Å². The molecule has 0 aliphatic carbocycles. The number of fused-ring (bicyclic) bond motifs is 1. The molecule has 27 heavy (non-hydrogen) atoms. The second-order valence-electron chi connectivity index (χ2n) is 6.72. The molecule has 1 aromatic carbocycles. The number of rotatable bonds is 6. The van der Waals surface area contributed by atoms with E-state index in [1.54, 1.807) is 23.2 Å². The van der Waals surface area contributed by atoms with Gasteiger partial charge in [-0.3, -0.25) is 9.69 Å². The molecule has 0 unspecified atom stereocenters. The number of hydrogen-bond donors (Lipinski definition) is 0. The van der Waals surface area contributed by atoms with Crippen LogP contribution < -0.4 is 9.64 Å². The molecular weight excluding hydrogens is 371 g/mol. The van der Waals surface area contributed by atoms with E-state index in [4.69, 9.17) is 21.1 Å². The van der Waals surface area contributed by atoms with Gasteiger partial charge in [-0.1, -0.05) is 12.1 Å². The van der Waals surface area contributed by atoms with Crippen LogP contribution in [-0.4, -0.2) is 42.1 Å². The second kappa shape index (κ2) is 8.67. The normalized spacial score (nSPS) is 16.2. The highest BCUT2D eigenvalue weighted by atomic mass is 35.5. The maximum absolute atomic E-state index is 13.1. The third-order valence-corrected chi connectivity index (χ3v) is 4.48. The van der Waals surface area contributed by atoms with E-state index in [9.17, 15) is 9.18 Å². The summed E-state index contributed by atoms with van der Waals surface area (Å²) in [5.41, 5.74) is 2.43. The first-order chi connectivity index (χ1) is 13.0. The average molecular weight is 393 g/mol. The zero-order valence-electron chi connectivity index (χ0n) is 15.3. The fourth-order valence-corrected chi connectivity index (χ4v) is 3.10. The van der Waals surface area contributed by atoms with E-state index in [0.29, 0.717) is 31.2 Å². The minimum Gasteiger partial charge on any atom is -0.474 e. The molecule has 1 aliphatic rings. The van der Waals surface area contributed by atoms with Crippen molar-refractivity contribution in [1.29, 1.82) is 0 Å². The molecule has 0 bridgehead atoms. The summed E-state index contributed by atoms with van der Waals surface area (Å²) in [5, 5.41) is 0. The summed E-state index contributed by atoms with van der Waals surface area (Å²) in [5.74, 6) is -0.237. The molecule has 0 saturated carbocycles. The molecule has 0 saturated heterocycles. The third-order valence-electron chi connectivity index (χ3n) is 4.25. The Morgan fingerprint density at radius 1 is 1.37 bits per heavy atom. The molecule has 1 aromatic heterocycles. The summed E-state index contributed by atoms with van der Waals surface area (Å²) in [7, 11) is 0. The fraction of sp³-hybridized carbons (Fsp3) is 0.400. The number of alkyl halides is 1. The lowest BCUT2D eigenvalue weighted by atomic mass is 10.1. The molecule has 0 radical (unpaired) electrons. The van der Waals surface area contributed by atoms with E-state index in [1.807, 2.05) is 19.9 Å². The summed E-state index contributed by atoms with van der Waals surface area (Å²) in [6, 6.07) is 7.91. The van der Waals surface area contributed by atoms with Crippen LogP contribution in [0.5, 0.6) is 5.88 Å². The van der Waals surface area contributed by atoms with Gasteiger partial charge in [-0.2, -0.15) is 0 Å². The number of nitrogens with zero attached hydrogens (tertiary/aromatic N) is 2. The minimum absolute atomic E-state index is 0.0438. The molecule has 7 heteroatoms. The molecular formula is C20H22ClFN2O3. The number of hydrogen-bond acceptors (Lipinski definition) is 4. The maximum Gasteiger partial charge on any atom is 0.242 e. The Morgan fingerprint density at radius 3 is 2.78 bits per heavy atom. The lowest BCUT2D eigenvalue weighted by Crippen LogP contribution is -2.50. The summed E-state index contributed by atoms with van der Waals surface area (Å²) >= 11 is 5.84. The van der Waals surface area contributed by atoms with Crippen molar-refractivity contribution in [2.45, 2.75) is 32.4 Å². The monoisotopic (exact) mass is 392 g/mol. The van der Waals surface area contributed by atoms with Crippen molar-refractivity contribution in [1.82, 2.24) is 4.98 Å². The number of carbonyl (C=O) groups is 1. The predicted molar refractivity (Wildman–Crippen MR) is 102 cm³/mol. The Balaban J connectivity index is 1.88. The summed E-state index contributed by atoms with van der Waals surface area (Å²) < 4.78 is 24.5. The van der Waals surface area contributed by atoms with Gasteiger partial charge in [0, 0.05) is 6.20 Å². The first-order valence-electron chi connectivity index (χ1n) is 8.83. The zero-order valence-corrected chi connectivity index (χ0v) is 16.1. The number of benzene rings is 1. The summed E-state index contributed by atoms with van der Waals surface area (Å²) in [6.45, 7) is 4.52. The van der Waals surface area contributed by atoms with Crippen LogP contribution in [0.3, 0.4) is 0 Å². The van der Waals surface area contributed by atoms with Crippen LogP contribution in [0, 0.1) is 5.82 Å². The molecule has 0 N–H and O–H groups in total. The first-order valence-corrected chi connectivity index (χ1v) is 9.37. The highest BCUT2D eigenvalue weighted by Gasteiger charge is 2.33. The van der Waals surface area contributed by atoms with E-state index in [1.165, 1.54) is 12.1 Å². The fourth-order valence-electron chi connectivity index (χ4n) is 2.98. The molecule has 0 spiro atoms. The first kappa shape index (κ1) is 19.6. The highest BCUT2D eigenvalue weighted by molar-refractivity contribution is 6.29. The molecule has 3 rings (SSSR count). The number of anilines is 1. The minimum atomic E-state index is -0.275. The second-order valence-corrected chi connectivity index (χ2v) is 6.98. The standard InChI is InChI=1S/C20H22ClFN2O3/c1-13(2)26-11-17-12-27-20-18(24(17)19(25)9-21)8-15(10-23-20)7-14-3-5-16(22)6-4-14/h3-6,8,10,13,17H,7,9,11-12H2,1-2H3/t17-/m0/s1. The van der Waals surface area contributed by atoms with Crippen molar-refractivity contribution in [3.05, 3.63) is 53.5 Å². The number of carbonyl (C=O) groups excluding carboxylic acids is 1. The van der Waals surface area contributed by atoms with Gasteiger partial charge in [-0.15, -0.1) is 11.6 Å². The van der Waals surface area contributed by atoms with Gasteiger partial charge in [0.2, 0.25) is 11.8 Å². The molecule has 1 aliphatic heterocycles. The quantitative estimate of drug-likeness (QED) is 0.705. The number of halogens is 2. The van der Waals surface area contributed by atoms with Gasteiger partial charge in [-0.05, 0) is 49.6 Å². The van der Waals surface area contributed by atoms with Crippen LogP contribution >= 0.6 is 11.6 Å². The Morgan fingerprint density at radius 2 is 2.11 bits per heavy atom. The van der Waals surface area contributed by atoms with E-state index in [2.05, 4.69) is 4.98 Å². The van der Waals surface area contributed by atoms with Gasteiger partial charge in [-0.25, -0.2) is 9.37 Å². The SMILES string of the molecule is CC(C)OC[C@H]1COc2ncc(Cc3ccc(F)cc3)cc2N1C(=O)CCl. The molecule has 0 fully saturated rings. The Hall–Kier alpha value is -2.18. The molecule has 144 valence electrons. The number of amides is 1. The highest BCUT2D eigenvalue weighted by Crippen LogP contribution is 2.33. The molecule has 2 heterocycles. The van der Waals surface area contributed by atoms with Gasteiger partial charge < -0.3 is 9.47 Å². The molecule has 1 atom stereocenters. The Kier molecular flexibility index (Phi) is 6.29. The zero-order chi connectivity index (χ0) is 19.4. The average Bonchev–Trinajstić information content (AvgIpc) is 2.67. The van der Waals surface area contributed by atoms with Crippen LogP contribution in [0.4, 0.5) is 10.1 Å². The largest absolute Gasteiger partial charge is 0.474 e. The lowest BCUT2D eigenvalue weighted by Gasteiger charge is -2.36. The topological polar surface area (TPSA) is 51.7 Å². The van der Waals surface area contributed by atoms with Gasteiger partial charge in [0.1, 0.15) is 24.0 Å². The summed E-state index contributed by atoms with van der Waals surface area (Å²) in [6.07, 6.45) is 2.31. The van der Waals surface area contributed by atoms with Gasteiger partial charge in [0.25, 0.3) is 0 Å². The van der Waals surface area contributed by atoms with Crippen molar-refractivity contribution >= 4 is 23.2 Å².